The third-order valence-corrected chi connectivity index (χ3v) is 3.28. The zero-order valence-corrected chi connectivity index (χ0v) is 13.8. The Balaban J connectivity index is 2.68. The van der Waals surface area contributed by atoms with Crippen LogP contribution in [-0.2, 0) is 11.3 Å². The number of carbonyl (C=O) groups excluding carboxylic acids is 2. The Hall–Kier alpha value is -1.30. The van der Waals surface area contributed by atoms with Gasteiger partial charge in [-0.25, -0.2) is 0 Å². The van der Waals surface area contributed by atoms with E-state index < -0.39 is 6.04 Å². The number of hydrogen-bond donors (Lipinski definition) is 2. The van der Waals surface area contributed by atoms with Crippen LogP contribution in [0.1, 0.15) is 44.1 Å². The SMILES string of the molecule is CCCNC(=O)C(C)NC(=O)c1cc(Br)cn1CCC. The van der Waals surface area contributed by atoms with Gasteiger partial charge in [0, 0.05) is 23.8 Å². The molecule has 0 fully saturated rings. The van der Waals surface area contributed by atoms with Crippen LogP contribution in [0.2, 0.25) is 0 Å². The highest BCUT2D eigenvalue weighted by atomic mass is 79.9. The summed E-state index contributed by atoms with van der Waals surface area (Å²) in [6.07, 6.45) is 3.69. The summed E-state index contributed by atoms with van der Waals surface area (Å²) >= 11 is 3.37. The summed E-state index contributed by atoms with van der Waals surface area (Å²) in [6.45, 7) is 7.11. The first-order valence-electron chi connectivity index (χ1n) is 6.93. The second-order valence-electron chi connectivity index (χ2n) is 4.72. The Morgan fingerprint density at radius 1 is 1.35 bits per heavy atom. The van der Waals surface area contributed by atoms with Gasteiger partial charge in [-0.2, -0.15) is 0 Å². The first-order chi connectivity index (χ1) is 9.49. The van der Waals surface area contributed by atoms with E-state index in [-0.39, 0.29) is 11.8 Å². The minimum atomic E-state index is -0.544. The van der Waals surface area contributed by atoms with Gasteiger partial charge >= 0.3 is 0 Å². The quantitative estimate of drug-likeness (QED) is 0.797. The van der Waals surface area contributed by atoms with Crippen molar-refractivity contribution in [3.05, 3.63) is 22.4 Å². The van der Waals surface area contributed by atoms with Crippen molar-refractivity contribution in [3.63, 3.8) is 0 Å². The molecule has 0 spiro atoms. The van der Waals surface area contributed by atoms with E-state index in [1.54, 1.807) is 13.0 Å². The molecule has 0 aromatic carbocycles. The highest BCUT2D eigenvalue weighted by Gasteiger charge is 2.18. The van der Waals surface area contributed by atoms with E-state index in [0.717, 1.165) is 23.9 Å². The van der Waals surface area contributed by atoms with Crippen LogP contribution in [0.4, 0.5) is 0 Å². The van der Waals surface area contributed by atoms with Crippen LogP contribution >= 0.6 is 15.9 Å². The third kappa shape index (κ3) is 4.67. The molecule has 2 amide bonds. The van der Waals surface area contributed by atoms with Crippen LogP contribution in [0.5, 0.6) is 0 Å². The van der Waals surface area contributed by atoms with Crippen molar-refractivity contribution in [1.29, 1.82) is 0 Å². The van der Waals surface area contributed by atoms with Crippen LogP contribution in [0.25, 0.3) is 0 Å². The summed E-state index contributed by atoms with van der Waals surface area (Å²) in [5, 5.41) is 5.49. The van der Waals surface area contributed by atoms with Crippen LogP contribution in [-0.4, -0.2) is 29.0 Å². The number of nitrogens with one attached hydrogen (secondary N) is 2. The molecule has 1 atom stereocenters. The molecule has 1 aromatic heterocycles. The Morgan fingerprint density at radius 3 is 2.65 bits per heavy atom. The summed E-state index contributed by atoms with van der Waals surface area (Å²) in [5.41, 5.74) is 0.564. The average Bonchev–Trinajstić information content (AvgIpc) is 2.77. The Labute approximate surface area is 128 Å². The molecule has 0 bridgehead atoms. The topological polar surface area (TPSA) is 63.1 Å². The van der Waals surface area contributed by atoms with Gasteiger partial charge < -0.3 is 15.2 Å². The summed E-state index contributed by atoms with van der Waals surface area (Å²) in [4.78, 5) is 24.0. The zero-order chi connectivity index (χ0) is 15.1. The van der Waals surface area contributed by atoms with Gasteiger partial charge in [0.2, 0.25) is 5.91 Å². The van der Waals surface area contributed by atoms with Crippen LogP contribution in [0, 0.1) is 0 Å². The molecule has 112 valence electrons. The van der Waals surface area contributed by atoms with E-state index in [0.29, 0.717) is 12.2 Å². The van der Waals surface area contributed by atoms with Crippen LogP contribution < -0.4 is 10.6 Å². The van der Waals surface area contributed by atoms with Crippen molar-refractivity contribution < 1.29 is 9.59 Å². The number of carbonyl (C=O) groups is 2. The van der Waals surface area contributed by atoms with Crippen molar-refractivity contribution in [2.24, 2.45) is 0 Å². The van der Waals surface area contributed by atoms with E-state index in [1.807, 2.05) is 17.7 Å². The van der Waals surface area contributed by atoms with Gasteiger partial charge in [0.05, 0.1) is 0 Å². The molecule has 0 radical (unpaired) electrons. The van der Waals surface area contributed by atoms with Gasteiger partial charge in [-0.15, -0.1) is 0 Å². The minimum absolute atomic E-state index is 0.159. The molecule has 1 unspecified atom stereocenters. The van der Waals surface area contributed by atoms with Gasteiger partial charge in [0.15, 0.2) is 0 Å². The van der Waals surface area contributed by atoms with E-state index in [9.17, 15) is 9.59 Å². The number of aryl methyl sites for hydroxylation is 1. The van der Waals surface area contributed by atoms with Gasteiger partial charge in [-0.3, -0.25) is 9.59 Å². The number of aromatic nitrogens is 1. The lowest BCUT2D eigenvalue weighted by molar-refractivity contribution is -0.122. The van der Waals surface area contributed by atoms with Crippen LogP contribution in [0.3, 0.4) is 0 Å². The number of halogens is 1. The van der Waals surface area contributed by atoms with Crippen molar-refractivity contribution in [2.75, 3.05) is 6.54 Å². The molecule has 0 saturated heterocycles. The Bertz CT molecular complexity index is 471. The fourth-order valence-electron chi connectivity index (χ4n) is 1.83. The number of amides is 2. The molecule has 1 heterocycles. The van der Waals surface area contributed by atoms with Crippen LogP contribution in [0.15, 0.2) is 16.7 Å². The maximum Gasteiger partial charge on any atom is 0.268 e. The maximum atomic E-state index is 12.2. The van der Waals surface area contributed by atoms with E-state index in [4.69, 9.17) is 0 Å². The van der Waals surface area contributed by atoms with Gasteiger partial charge in [0.1, 0.15) is 11.7 Å². The number of nitrogens with zero attached hydrogens (tertiary/aromatic N) is 1. The Kier molecular flexibility index (Phi) is 6.78. The summed E-state index contributed by atoms with van der Waals surface area (Å²) in [6, 6.07) is 1.22. The van der Waals surface area contributed by atoms with Crippen molar-refractivity contribution in [3.8, 4) is 0 Å². The molecule has 20 heavy (non-hydrogen) atoms. The zero-order valence-electron chi connectivity index (χ0n) is 12.2. The van der Waals surface area contributed by atoms with Gasteiger partial charge in [0.25, 0.3) is 5.91 Å². The molecule has 1 rings (SSSR count). The second-order valence-corrected chi connectivity index (χ2v) is 5.64. The van der Waals surface area contributed by atoms with Crippen molar-refractivity contribution in [2.45, 2.75) is 46.2 Å². The van der Waals surface area contributed by atoms with Gasteiger partial charge in [-0.1, -0.05) is 13.8 Å². The van der Waals surface area contributed by atoms with Gasteiger partial charge in [-0.05, 0) is 41.8 Å². The smallest absolute Gasteiger partial charge is 0.268 e. The lowest BCUT2D eigenvalue weighted by Crippen LogP contribution is -2.45. The van der Waals surface area contributed by atoms with Crippen molar-refractivity contribution >= 4 is 27.7 Å². The Morgan fingerprint density at radius 2 is 2.05 bits per heavy atom. The molecule has 0 aliphatic rings. The summed E-state index contributed by atoms with van der Waals surface area (Å²) < 4.78 is 2.75. The molecule has 0 saturated carbocycles. The maximum absolute atomic E-state index is 12.2. The first-order valence-corrected chi connectivity index (χ1v) is 7.73. The van der Waals surface area contributed by atoms with E-state index in [1.165, 1.54) is 0 Å². The molecule has 5 nitrogen and oxygen atoms in total. The second kappa shape index (κ2) is 8.09. The standard InChI is InChI=1S/C14H22BrN3O2/c1-4-6-16-13(19)10(3)17-14(20)12-8-11(15)9-18(12)7-5-2/h8-10H,4-7H2,1-3H3,(H,16,19)(H,17,20). The first kappa shape index (κ1) is 16.8. The van der Waals surface area contributed by atoms with E-state index in [2.05, 4.69) is 33.5 Å². The molecule has 1 aromatic rings. The molecular weight excluding hydrogens is 322 g/mol. The molecule has 2 N–H and O–H groups in total. The third-order valence-electron chi connectivity index (χ3n) is 2.85. The average molecular weight is 344 g/mol. The monoisotopic (exact) mass is 343 g/mol. The lowest BCUT2D eigenvalue weighted by atomic mass is 10.2. The summed E-state index contributed by atoms with van der Waals surface area (Å²) in [7, 11) is 0. The normalized spacial score (nSPS) is 12.0. The highest BCUT2D eigenvalue weighted by Crippen LogP contribution is 2.15. The van der Waals surface area contributed by atoms with Crippen molar-refractivity contribution in [1.82, 2.24) is 15.2 Å². The molecule has 0 aliphatic carbocycles. The number of hydrogen-bond acceptors (Lipinski definition) is 2. The predicted molar refractivity (Wildman–Crippen MR) is 82.7 cm³/mol. The highest BCUT2D eigenvalue weighted by molar-refractivity contribution is 9.10. The fourth-order valence-corrected chi connectivity index (χ4v) is 2.29. The summed E-state index contributed by atoms with van der Waals surface area (Å²) in [5.74, 6) is -0.392. The minimum Gasteiger partial charge on any atom is -0.354 e. The largest absolute Gasteiger partial charge is 0.354 e. The molecule has 0 aliphatic heterocycles. The predicted octanol–water partition coefficient (Wildman–Crippen LogP) is 2.31. The lowest BCUT2D eigenvalue weighted by Gasteiger charge is -2.14. The molecular formula is C14H22BrN3O2. The fraction of sp³-hybridized carbons (Fsp3) is 0.571. The molecule has 6 heteroatoms. The van der Waals surface area contributed by atoms with E-state index >= 15 is 0 Å². The number of rotatable bonds is 7.